The molecule has 0 bridgehead atoms. The molecule has 2 fully saturated rings. The monoisotopic (exact) mass is 297 g/mol. The minimum absolute atomic E-state index is 0.00719. The van der Waals surface area contributed by atoms with Gasteiger partial charge in [-0.25, -0.2) is 0 Å². The van der Waals surface area contributed by atoms with Gasteiger partial charge in [0.2, 0.25) is 5.91 Å². The summed E-state index contributed by atoms with van der Waals surface area (Å²) in [6.45, 7) is 7.63. The number of likely N-dealkylation sites (tertiary alicyclic amines) is 1. The highest BCUT2D eigenvalue weighted by molar-refractivity contribution is 5.80. The van der Waals surface area contributed by atoms with Gasteiger partial charge in [-0.05, 0) is 44.9 Å². The summed E-state index contributed by atoms with van der Waals surface area (Å²) in [4.78, 5) is 25.3. The van der Waals surface area contributed by atoms with Crippen LogP contribution in [0.5, 0.6) is 0 Å². The summed E-state index contributed by atoms with van der Waals surface area (Å²) >= 11 is 0. The molecule has 1 amide bonds. The Labute approximate surface area is 126 Å². The molecule has 0 aromatic rings. The Bertz CT molecular complexity index is 390. The Hall–Kier alpha value is -1.10. The van der Waals surface area contributed by atoms with Crippen molar-refractivity contribution in [3.63, 3.8) is 0 Å². The zero-order chi connectivity index (χ0) is 15.6. The van der Waals surface area contributed by atoms with Crippen molar-refractivity contribution in [2.75, 3.05) is 13.1 Å². The van der Waals surface area contributed by atoms with Crippen molar-refractivity contribution in [2.45, 2.75) is 58.7 Å². The van der Waals surface area contributed by atoms with E-state index in [0.29, 0.717) is 5.92 Å². The van der Waals surface area contributed by atoms with E-state index in [4.69, 9.17) is 9.84 Å². The summed E-state index contributed by atoms with van der Waals surface area (Å²) < 4.78 is 5.77. The molecule has 0 aromatic heterocycles. The van der Waals surface area contributed by atoms with Gasteiger partial charge in [0.1, 0.15) is 0 Å². The molecule has 4 unspecified atom stereocenters. The van der Waals surface area contributed by atoms with Gasteiger partial charge in [-0.1, -0.05) is 6.92 Å². The van der Waals surface area contributed by atoms with E-state index in [9.17, 15) is 9.59 Å². The lowest BCUT2D eigenvalue weighted by molar-refractivity contribution is -0.140. The molecule has 21 heavy (non-hydrogen) atoms. The van der Waals surface area contributed by atoms with Crippen LogP contribution in [0.15, 0.2) is 0 Å². The third-order valence-corrected chi connectivity index (χ3v) is 5.22. The fraction of sp³-hybridized carbons (Fsp3) is 0.875. The van der Waals surface area contributed by atoms with E-state index in [-0.39, 0.29) is 36.4 Å². The van der Waals surface area contributed by atoms with Crippen molar-refractivity contribution in [3.05, 3.63) is 0 Å². The minimum atomic E-state index is -0.728. The molecule has 120 valence electrons. The topological polar surface area (TPSA) is 66.8 Å². The molecule has 0 radical (unpaired) electrons. The van der Waals surface area contributed by atoms with Crippen LogP contribution < -0.4 is 0 Å². The lowest BCUT2D eigenvalue weighted by atomic mass is 9.86. The van der Waals surface area contributed by atoms with Crippen LogP contribution in [0.3, 0.4) is 0 Å². The molecule has 2 heterocycles. The summed E-state index contributed by atoms with van der Waals surface area (Å²) in [6, 6.07) is 0. The lowest BCUT2D eigenvalue weighted by Crippen LogP contribution is -2.45. The second kappa shape index (κ2) is 6.77. The first-order chi connectivity index (χ1) is 9.90. The number of carboxylic acids is 1. The van der Waals surface area contributed by atoms with Gasteiger partial charge in [0.25, 0.3) is 0 Å². The number of hydrogen-bond acceptors (Lipinski definition) is 3. The van der Waals surface area contributed by atoms with Gasteiger partial charge in [0.05, 0.1) is 18.1 Å². The maximum Gasteiger partial charge on any atom is 0.303 e. The van der Waals surface area contributed by atoms with Gasteiger partial charge < -0.3 is 14.7 Å². The normalized spacial score (nSPS) is 34.1. The van der Waals surface area contributed by atoms with Crippen LogP contribution >= 0.6 is 0 Å². The number of carbonyl (C=O) groups excluding carboxylic acids is 1. The first kappa shape index (κ1) is 16.3. The van der Waals surface area contributed by atoms with Crippen molar-refractivity contribution in [2.24, 2.45) is 17.8 Å². The highest BCUT2D eigenvalue weighted by Crippen LogP contribution is 2.34. The van der Waals surface area contributed by atoms with E-state index in [2.05, 4.69) is 6.92 Å². The molecule has 5 nitrogen and oxygen atoms in total. The summed E-state index contributed by atoms with van der Waals surface area (Å²) in [5, 5.41) is 8.73. The molecule has 2 aliphatic heterocycles. The van der Waals surface area contributed by atoms with Crippen LogP contribution in [0, 0.1) is 17.8 Å². The van der Waals surface area contributed by atoms with E-state index in [0.717, 1.165) is 32.4 Å². The summed E-state index contributed by atoms with van der Waals surface area (Å²) in [5.74, 6) is 0.163. The van der Waals surface area contributed by atoms with Gasteiger partial charge in [0, 0.05) is 19.5 Å². The fourth-order valence-corrected chi connectivity index (χ4v) is 3.67. The standard InChI is InChI=1S/C16H27NO4/c1-10-11(2)21-12(3)15(10)16(20)17-8-6-13(7-9-17)4-5-14(18)19/h10-13,15H,4-9H2,1-3H3,(H,18,19). The molecular formula is C16H27NO4. The van der Waals surface area contributed by atoms with Crippen LogP contribution in [0.2, 0.25) is 0 Å². The number of nitrogens with zero attached hydrogens (tertiary/aromatic N) is 1. The second-order valence-corrected chi connectivity index (χ2v) is 6.63. The van der Waals surface area contributed by atoms with Crippen LogP contribution in [-0.4, -0.2) is 47.2 Å². The zero-order valence-corrected chi connectivity index (χ0v) is 13.2. The number of rotatable bonds is 4. The number of amides is 1. The number of carboxylic acid groups (broad SMARTS) is 1. The molecule has 0 aromatic carbocycles. The highest BCUT2D eigenvalue weighted by Gasteiger charge is 2.43. The highest BCUT2D eigenvalue weighted by atomic mass is 16.5. The van der Waals surface area contributed by atoms with Crippen molar-refractivity contribution in [1.29, 1.82) is 0 Å². The molecule has 0 aliphatic carbocycles. The van der Waals surface area contributed by atoms with E-state index >= 15 is 0 Å². The third kappa shape index (κ3) is 3.76. The van der Waals surface area contributed by atoms with Crippen LogP contribution in [0.4, 0.5) is 0 Å². The Kier molecular flexibility index (Phi) is 5.25. The number of ether oxygens (including phenoxy) is 1. The van der Waals surface area contributed by atoms with Gasteiger partial charge in [-0.15, -0.1) is 0 Å². The number of aliphatic carboxylic acids is 1. The van der Waals surface area contributed by atoms with Gasteiger partial charge in [-0.3, -0.25) is 9.59 Å². The predicted octanol–water partition coefficient (Wildman–Crippen LogP) is 2.15. The number of piperidine rings is 1. The molecule has 0 saturated carbocycles. The maximum absolute atomic E-state index is 12.7. The van der Waals surface area contributed by atoms with E-state index in [1.807, 2.05) is 18.7 Å². The second-order valence-electron chi connectivity index (χ2n) is 6.63. The van der Waals surface area contributed by atoms with Crippen molar-refractivity contribution in [1.82, 2.24) is 4.90 Å². The van der Waals surface area contributed by atoms with Crippen molar-refractivity contribution >= 4 is 11.9 Å². The summed E-state index contributed by atoms with van der Waals surface area (Å²) in [5.41, 5.74) is 0. The Morgan fingerprint density at radius 1 is 1.14 bits per heavy atom. The number of hydrogen-bond donors (Lipinski definition) is 1. The Balaban J connectivity index is 1.84. The lowest BCUT2D eigenvalue weighted by Gasteiger charge is -2.34. The molecular weight excluding hydrogens is 270 g/mol. The van der Waals surface area contributed by atoms with E-state index in [1.165, 1.54) is 0 Å². The Morgan fingerprint density at radius 2 is 1.76 bits per heavy atom. The Morgan fingerprint density at radius 3 is 2.24 bits per heavy atom. The molecule has 1 N–H and O–H groups in total. The van der Waals surface area contributed by atoms with E-state index in [1.54, 1.807) is 0 Å². The van der Waals surface area contributed by atoms with E-state index < -0.39 is 5.97 Å². The van der Waals surface area contributed by atoms with Gasteiger partial charge >= 0.3 is 5.97 Å². The molecule has 4 atom stereocenters. The molecule has 2 saturated heterocycles. The molecule has 5 heteroatoms. The smallest absolute Gasteiger partial charge is 0.303 e. The third-order valence-electron chi connectivity index (χ3n) is 5.22. The van der Waals surface area contributed by atoms with Gasteiger partial charge in [0.15, 0.2) is 0 Å². The molecule has 2 aliphatic rings. The summed E-state index contributed by atoms with van der Waals surface area (Å²) in [6.07, 6.45) is 2.94. The van der Waals surface area contributed by atoms with Crippen molar-refractivity contribution < 1.29 is 19.4 Å². The SMILES string of the molecule is CC1OC(C)C(C(=O)N2CCC(CCC(=O)O)CC2)C1C. The minimum Gasteiger partial charge on any atom is -0.481 e. The zero-order valence-electron chi connectivity index (χ0n) is 13.2. The van der Waals surface area contributed by atoms with Crippen molar-refractivity contribution in [3.8, 4) is 0 Å². The largest absolute Gasteiger partial charge is 0.481 e. The predicted molar refractivity (Wildman–Crippen MR) is 78.8 cm³/mol. The number of carbonyl (C=O) groups is 2. The molecule has 2 rings (SSSR count). The van der Waals surface area contributed by atoms with Crippen LogP contribution in [0.25, 0.3) is 0 Å². The van der Waals surface area contributed by atoms with Gasteiger partial charge in [-0.2, -0.15) is 0 Å². The first-order valence-corrected chi connectivity index (χ1v) is 8.06. The average Bonchev–Trinajstić information content (AvgIpc) is 2.70. The first-order valence-electron chi connectivity index (χ1n) is 8.06. The maximum atomic E-state index is 12.7. The quantitative estimate of drug-likeness (QED) is 0.863. The van der Waals surface area contributed by atoms with Crippen LogP contribution in [-0.2, 0) is 14.3 Å². The van der Waals surface area contributed by atoms with Crippen LogP contribution in [0.1, 0.15) is 46.5 Å². The summed E-state index contributed by atoms with van der Waals surface area (Å²) in [7, 11) is 0. The molecule has 0 spiro atoms. The fourth-order valence-electron chi connectivity index (χ4n) is 3.67. The average molecular weight is 297 g/mol.